The van der Waals surface area contributed by atoms with Crippen LogP contribution in [0.2, 0.25) is 0 Å². The van der Waals surface area contributed by atoms with Crippen LogP contribution in [0.15, 0.2) is 24.3 Å². The van der Waals surface area contributed by atoms with E-state index >= 15 is 0 Å². The van der Waals surface area contributed by atoms with Crippen molar-refractivity contribution in [3.8, 4) is 11.5 Å². The molecule has 1 aliphatic heterocycles. The van der Waals surface area contributed by atoms with Crippen molar-refractivity contribution in [2.24, 2.45) is 0 Å². The summed E-state index contributed by atoms with van der Waals surface area (Å²) in [6.45, 7) is 8.91. The van der Waals surface area contributed by atoms with Gasteiger partial charge < -0.3 is 21.9 Å². The van der Waals surface area contributed by atoms with Gasteiger partial charge in [0.1, 0.15) is 0 Å². The van der Waals surface area contributed by atoms with Gasteiger partial charge in [-0.2, -0.15) is 0 Å². The first-order valence-corrected chi connectivity index (χ1v) is 6.50. The summed E-state index contributed by atoms with van der Waals surface area (Å²) in [5.41, 5.74) is 0. The minimum absolute atomic E-state index is 0. The van der Waals surface area contributed by atoms with E-state index in [0.29, 0.717) is 4.48 Å². The molecule has 5 heteroatoms. The van der Waals surface area contributed by atoms with Crippen LogP contribution >= 0.6 is 11.6 Å². The second-order valence-electron chi connectivity index (χ2n) is 4.25. The van der Waals surface area contributed by atoms with Crippen molar-refractivity contribution in [2.45, 2.75) is 26.1 Å². The minimum atomic E-state index is -1.12. The molecule has 0 radical (unpaired) electrons. The first-order chi connectivity index (χ1) is 8.11. The number of fused-ring (bicyclic) bond motifs is 1. The number of benzene rings is 1. The molecule has 1 heterocycles. The van der Waals surface area contributed by atoms with Gasteiger partial charge in [0.05, 0.1) is 19.6 Å². The molecule has 102 valence electrons. The van der Waals surface area contributed by atoms with Gasteiger partial charge in [-0.3, -0.25) is 0 Å². The Morgan fingerprint density at radius 1 is 1.00 bits per heavy atom. The second-order valence-corrected chi connectivity index (χ2v) is 4.73. The molecule has 1 aromatic carbocycles. The summed E-state index contributed by atoms with van der Waals surface area (Å²) in [6, 6.07) is 7.61. The molecule has 0 fully saturated rings. The Labute approximate surface area is 120 Å². The highest BCUT2D eigenvalue weighted by Crippen LogP contribution is 2.45. The largest absolute Gasteiger partial charge is 1.00 e. The number of hydrogen-bond donors (Lipinski definition) is 0. The zero-order valence-corrected chi connectivity index (χ0v) is 12.5. The quantitative estimate of drug-likeness (QED) is 0.448. The number of alkyl halides is 1. The fourth-order valence-electron chi connectivity index (χ4n) is 2.34. The molecule has 0 unspecified atom stereocenters. The molecule has 0 aromatic heterocycles. The lowest BCUT2D eigenvalue weighted by Crippen LogP contribution is -3.00. The van der Waals surface area contributed by atoms with E-state index in [1.807, 2.05) is 24.3 Å². The number of hydrogen-bond acceptors (Lipinski definition) is 2. The van der Waals surface area contributed by atoms with Crippen molar-refractivity contribution >= 4 is 11.6 Å². The van der Waals surface area contributed by atoms with Crippen LogP contribution in [0.3, 0.4) is 0 Å². The monoisotopic (exact) mass is 291 g/mol. The third-order valence-corrected chi connectivity index (χ3v) is 4.22. The number of para-hydroxylation sites is 2. The Kier molecular flexibility index (Phi) is 4.76. The zero-order valence-electron chi connectivity index (χ0n) is 11.0. The SMILES string of the molecule is CC[N+](CC)(CC)C1(Cl)Oc2ccccc2O1.[Cl-]. The van der Waals surface area contributed by atoms with Crippen LogP contribution in [0.5, 0.6) is 11.5 Å². The highest BCUT2D eigenvalue weighted by molar-refractivity contribution is 6.21. The lowest BCUT2D eigenvalue weighted by Gasteiger charge is -2.42. The van der Waals surface area contributed by atoms with Gasteiger partial charge in [0.15, 0.2) is 11.5 Å². The van der Waals surface area contributed by atoms with E-state index in [0.717, 1.165) is 31.1 Å². The summed E-state index contributed by atoms with van der Waals surface area (Å²) in [4.78, 5) is 0. The molecule has 0 saturated carbocycles. The summed E-state index contributed by atoms with van der Waals surface area (Å²) in [6.07, 6.45) is 0. The average molecular weight is 292 g/mol. The zero-order chi connectivity index (χ0) is 12.5. The van der Waals surface area contributed by atoms with Gasteiger partial charge in [-0.05, 0) is 32.9 Å². The Morgan fingerprint density at radius 2 is 1.39 bits per heavy atom. The Hall–Kier alpha value is -0.640. The summed E-state index contributed by atoms with van der Waals surface area (Å²) in [7, 11) is 0. The van der Waals surface area contributed by atoms with Gasteiger partial charge >= 0.3 is 5.37 Å². The van der Waals surface area contributed by atoms with E-state index in [2.05, 4.69) is 20.8 Å². The third-order valence-electron chi connectivity index (χ3n) is 3.70. The summed E-state index contributed by atoms with van der Waals surface area (Å²) in [5.74, 6) is 1.45. The molecule has 0 atom stereocenters. The van der Waals surface area contributed by atoms with Crippen molar-refractivity contribution in [1.82, 2.24) is 0 Å². The smallest absolute Gasteiger partial charge is 0.494 e. The third kappa shape index (κ3) is 2.15. The number of halogens is 2. The Bertz CT molecular complexity index is 374. The van der Waals surface area contributed by atoms with Crippen molar-refractivity contribution in [2.75, 3.05) is 19.6 Å². The standard InChI is InChI=1S/C13H19ClNO2.ClH/c1-4-15(5-2,6-3)13(14)16-11-9-7-8-10-12(11)17-13;/h7-10H,4-6H2,1-3H3;1H/q+1;/p-1. The maximum atomic E-state index is 6.59. The van der Waals surface area contributed by atoms with Crippen LogP contribution in [0.1, 0.15) is 20.8 Å². The molecular formula is C13H19Cl2NO2. The number of ether oxygens (including phenoxy) is 2. The maximum absolute atomic E-state index is 6.59. The van der Waals surface area contributed by atoms with Gasteiger partial charge in [0, 0.05) is 11.6 Å². The van der Waals surface area contributed by atoms with Crippen LogP contribution < -0.4 is 21.9 Å². The molecule has 0 bridgehead atoms. The molecule has 0 amide bonds. The molecule has 1 aliphatic rings. The van der Waals surface area contributed by atoms with Crippen LogP contribution in [0.25, 0.3) is 0 Å². The van der Waals surface area contributed by atoms with Crippen molar-refractivity contribution in [3.63, 3.8) is 0 Å². The molecule has 18 heavy (non-hydrogen) atoms. The van der Waals surface area contributed by atoms with Gasteiger partial charge in [0.25, 0.3) is 0 Å². The Balaban J connectivity index is 0.00000162. The van der Waals surface area contributed by atoms with Crippen LogP contribution in [-0.2, 0) is 0 Å². The summed E-state index contributed by atoms with van der Waals surface area (Å²) < 4.78 is 12.3. The van der Waals surface area contributed by atoms with Crippen LogP contribution in [-0.4, -0.2) is 29.5 Å². The molecule has 1 aromatic rings. The highest BCUT2D eigenvalue weighted by atomic mass is 35.5. The molecular weight excluding hydrogens is 273 g/mol. The van der Waals surface area contributed by atoms with Gasteiger partial charge in [-0.1, -0.05) is 12.1 Å². The topological polar surface area (TPSA) is 18.5 Å². The van der Waals surface area contributed by atoms with E-state index in [1.165, 1.54) is 0 Å². The molecule has 3 nitrogen and oxygen atoms in total. The average Bonchev–Trinajstić information content (AvgIpc) is 2.69. The predicted octanol–water partition coefficient (Wildman–Crippen LogP) is 0.188. The first-order valence-electron chi connectivity index (χ1n) is 6.13. The molecule has 2 rings (SSSR count). The normalized spacial score (nSPS) is 16.2. The van der Waals surface area contributed by atoms with Gasteiger partial charge in [0.2, 0.25) is 0 Å². The first kappa shape index (κ1) is 15.4. The lowest BCUT2D eigenvalue weighted by molar-refractivity contribution is -0.993. The number of quaternary nitrogens is 1. The molecule has 0 saturated heterocycles. The fraction of sp³-hybridized carbons (Fsp3) is 0.538. The van der Waals surface area contributed by atoms with E-state index in [-0.39, 0.29) is 12.4 Å². The van der Waals surface area contributed by atoms with Crippen LogP contribution in [0, 0.1) is 0 Å². The van der Waals surface area contributed by atoms with Crippen molar-refractivity contribution in [1.29, 1.82) is 0 Å². The Morgan fingerprint density at radius 3 is 1.72 bits per heavy atom. The number of rotatable bonds is 4. The highest BCUT2D eigenvalue weighted by Gasteiger charge is 2.57. The molecule has 0 aliphatic carbocycles. The summed E-state index contributed by atoms with van der Waals surface area (Å²) >= 11 is 6.59. The second kappa shape index (κ2) is 5.55. The lowest BCUT2D eigenvalue weighted by atomic mass is 10.3. The van der Waals surface area contributed by atoms with E-state index < -0.39 is 5.37 Å². The van der Waals surface area contributed by atoms with Crippen LogP contribution in [0.4, 0.5) is 0 Å². The summed E-state index contributed by atoms with van der Waals surface area (Å²) in [5, 5.41) is -1.12. The predicted molar refractivity (Wildman–Crippen MR) is 68.2 cm³/mol. The van der Waals surface area contributed by atoms with Crippen molar-refractivity contribution < 1.29 is 26.4 Å². The molecule has 0 spiro atoms. The number of nitrogens with zero attached hydrogens (tertiary/aromatic N) is 1. The maximum Gasteiger partial charge on any atom is 0.494 e. The van der Waals surface area contributed by atoms with Gasteiger partial charge in [-0.15, -0.1) is 0 Å². The fourth-order valence-corrected chi connectivity index (χ4v) is 2.87. The minimum Gasteiger partial charge on any atom is -1.00 e. The van der Waals surface area contributed by atoms with E-state index in [4.69, 9.17) is 21.1 Å². The van der Waals surface area contributed by atoms with Gasteiger partial charge in [-0.25, -0.2) is 4.48 Å². The van der Waals surface area contributed by atoms with E-state index in [9.17, 15) is 0 Å². The van der Waals surface area contributed by atoms with E-state index in [1.54, 1.807) is 0 Å². The molecule has 0 N–H and O–H groups in total. The van der Waals surface area contributed by atoms with Crippen molar-refractivity contribution in [3.05, 3.63) is 24.3 Å².